The molecule has 0 bridgehead atoms. The van der Waals surface area contributed by atoms with Crippen molar-refractivity contribution in [1.29, 1.82) is 0 Å². The number of carbonyl (C=O) groups is 4. The zero-order valence-electron chi connectivity index (χ0n) is 11.3. The van der Waals surface area contributed by atoms with Gasteiger partial charge in [-0.25, -0.2) is 0 Å². The summed E-state index contributed by atoms with van der Waals surface area (Å²) in [5.41, 5.74) is 11.2. The Hall–Kier alpha value is -2.50. The summed E-state index contributed by atoms with van der Waals surface area (Å²) in [7, 11) is 0. The first kappa shape index (κ1) is 15.6. The molecule has 6 heteroatoms. The number of carbonyl (C=O) groups excluding carboxylic acids is 4. The monoisotopic (exact) mass is 276 g/mol. The van der Waals surface area contributed by atoms with Crippen molar-refractivity contribution in [2.75, 3.05) is 0 Å². The second-order valence-corrected chi connectivity index (χ2v) is 4.58. The summed E-state index contributed by atoms with van der Waals surface area (Å²) < 4.78 is 0. The maximum absolute atomic E-state index is 11.5. The van der Waals surface area contributed by atoms with E-state index in [0.29, 0.717) is 5.56 Å². The summed E-state index contributed by atoms with van der Waals surface area (Å²) in [6.45, 7) is 2.69. The van der Waals surface area contributed by atoms with Crippen LogP contribution < -0.4 is 11.5 Å². The molecule has 0 aliphatic carbocycles. The maximum atomic E-state index is 11.5. The summed E-state index contributed by atoms with van der Waals surface area (Å²) in [5.74, 6) is -2.89. The predicted octanol–water partition coefficient (Wildman–Crippen LogP) is 0.536. The van der Waals surface area contributed by atoms with Crippen molar-refractivity contribution in [3.63, 3.8) is 0 Å². The lowest BCUT2D eigenvalue weighted by Gasteiger charge is -2.14. The molecule has 2 amide bonds. The summed E-state index contributed by atoms with van der Waals surface area (Å²) in [6, 6.07) is 4.34. The quantitative estimate of drug-likeness (QED) is 0.736. The van der Waals surface area contributed by atoms with Crippen molar-refractivity contribution < 1.29 is 19.2 Å². The van der Waals surface area contributed by atoms with Crippen molar-refractivity contribution in [1.82, 2.24) is 0 Å². The summed E-state index contributed by atoms with van der Waals surface area (Å²) in [5, 5.41) is 0. The number of primary amides is 2. The van der Waals surface area contributed by atoms with Crippen LogP contribution >= 0.6 is 0 Å². The SMILES string of the molecule is CC(=O)c1cc(C(C)=O)cc(C(CC(N)=O)C(N)=O)c1. The Morgan fingerprint density at radius 2 is 1.40 bits per heavy atom. The van der Waals surface area contributed by atoms with Gasteiger partial charge in [-0.2, -0.15) is 0 Å². The number of benzene rings is 1. The van der Waals surface area contributed by atoms with Gasteiger partial charge >= 0.3 is 0 Å². The lowest BCUT2D eigenvalue weighted by Crippen LogP contribution is -2.27. The lowest BCUT2D eigenvalue weighted by atomic mass is 9.90. The summed E-state index contributed by atoms with van der Waals surface area (Å²) >= 11 is 0. The van der Waals surface area contributed by atoms with E-state index in [0.717, 1.165) is 0 Å². The normalized spacial score (nSPS) is 11.7. The van der Waals surface area contributed by atoms with Gasteiger partial charge in [-0.3, -0.25) is 19.2 Å². The second-order valence-electron chi connectivity index (χ2n) is 4.58. The molecule has 20 heavy (non-hydrogen) atoms. The molecule has 1 rings (SSSR count). The molecule has 1 unspecified atom stereocenters. The largest absolute Gasteiger partial charge is 0.370 e. The minimum Gasteiger partial charge on any atom is -0.370 e. The molecule has 4 N–H and O–H groups in total. The van der Waals surface area contributed by atoms with Crippen molar-refractivity contribution in [3.8, 4) is 0 Å². The van der Waals surface area contributed by atoms with Gasteiger partial charge < -0.3 is 11.5 Å². The molecule has 6 nitrogen and oxygen atoms in total. The molecule has 0 aromatic heterocycles. The zero-order valence-corrected chi connectivity index (χ0v) is 11.3. The molecular weight excluding hydrogens is 260 g/mol. The van der Waals surface area contributed by atoms with Crippen LogP contribution in [-0.2, 0) is 9.59 Å². The average molecular weight is 276 g/mol. The van der Waals surface area contributed by atoms with E-state index in [2.05, 4.69) is 0 Å². The molecule has 1 atom stereocenters. The van der Waals surface area contributed by atoms with Crippen molar-refractivity contribution in [2.24, 2.45) is 11.5 Å². The summed E-state index contributed by atoms with van der Waals surface area (Å²) in [6.07, 6.45) is -0.270. The van der Waals surface area contributed by atoms with Crippen LogP contribution in [0, 0.1) is 0 Å². The van der Waals surface area contributed by atoms with Gasteiger partial charge in [0.05, 0.1) is 5.92 Å². The van der Waals surface area contributed by atoms with Gasteiger partial charge in [0.1, 0.15) is 0 Å². The first-order chi connectivity index (χ1) is 9.22. The van der Waals surface area contributed by atoms with Crippen LogP contribution in [0.5, 0.6) is 0 Å². The number of amides is 2. The molecule has 1 aromatic carbocycles. The highest BCUT2D eigenvalue weighted by atomic mass is 16.2. The molecule has 1 aromatic rings. The topological polar surface area (TPSA) is 120 Å². The number of rotatable bonds is 6. The van der Waals surface area contributed by atoms with Crippen LogP contribution in [0.4, 0.5) is 0 Å². The zero-order chi connectivity index (χ0) is 15.4. The van der Waals surface area contributed by atoms with Crippen LogP contribution in [0.1, 0.15) is 52.5 Å². The van der Waals surface area contributed by atoms with Gasteiger partial charge in [0.25, 0.3) is 0 Å². The van der Waals surface area contributed by atoms with E-state index < -0.39 is 17.7 Å². The van der Waals surface area contributed by atoms with Gasteiger partial charge in [0, 0.05) is 17.5 Å². The van der Waals surface area contributed by atoms with E-state index in [4.69, 9.17) is 11.5 Å². The smallest absolute Gasteiger partial charge is 0.225 e. The lowest BCUT2D eigenvalue weighted by molar-refractivity contribution is -0.124. The highest BCUT2D eigenvalue weighted by Crippen LogP contribution is 2.23. The standard InChI is InChI=1S/C14H16N2O4/c1-7(17)9-3-10(8(2)18)5-11(4-9)12(14(16)20)6-13(15)19/h3-5,12H,6H2,1-2H3,(H2,15,19)(H2,16,20). The van der Waals surface area contributed by atoms with Crippen LogP contribution in [-0.4, -0.2) is 23.4 Å². The molecule has 0 aliphatic heterocycles. The molecule has 0 spiro atoms. The van der Waals surface area contributed by atoms with E-state index in [1.165, 1.54) is 32.0 Å². The van der Waals surface area contributed by atoms with E-state index in [1.807, 2.05) is 0 Å². The molecule has 0 heterocycles. The third kappa shape index (κ3) is 3.74. The molecule has 0 saturated heterocycles. The molecule has 0 aliphatic rings. The van der Waals surface area contributed by atoms with Crippen molar-refractivity contribution in [3.05, 3.63) is 34.9 Å². The molecule has 0 radical (unpaired) electrons. The number of Topliss-reactive ketones (excluding diaryl/α,β-unsaturated/α-hetero) is 2. The van der Waals surface area contributed by atoms with Gasteiger partial charge in [-0.15, -0.1) is 0 Å². The molecule has 0 fully saturated rings. The first-order valence-electron chi connectivity index (χ1n) is 5.97. The van der Waals surface area contributed by atoms with Gasteiger partial charge in [0.2, 0.25) is 11.8 Å². The van der Waals surface area contributed by atoms with Crippen LogP contribution in [0.15, 0.2) is 18.2 Å². The van der Waals surface area contributed by atoms with Crippen LogP contribution in [0.3, 0.4) is 0 Å². The maximum Gasteiger partial charge on any atom is 0.225 e. The minimum atomic E-state index is -0.954. The Morgan fingerprint density at radius 1 is 0.950 bits per heavy atom. The molecule has 0 saturated carbocycles. The fourth-order valence-electron chi connectivity index (χ4n) is 1.84. The number of ketones is 2. The summed E-state index contributed by atoms with van der Waals surface area (Å²) in [4.78, 5) is 45.4. The van der Waals surface area contributed by atoms with E-state index in [-0.39, 0.29) is 29.1 Å². The molecular formula is C14H16N2O4. The van der Waals surface area contributed by atoms with E-state index in [1.54, 1.807) is 0 Å². The van der Waals surface area contributed by atoms with Crippen LogP contribution in [0.2, 0.25) is 0 Å². The Morgan fingerprint density at radius 3 is 1.70 bits per heavy atom. The highest BCUT2D eigenvalue weighted by molar-refractivity contribution is 6.00. The predicted molar refractivity (Wildman–Crippen MR) is 72.2 cm³/mol. The van der Waals surface area contributed by atoms with Crippen molar-refractivity contribution in [2.45, 2.75) is 26.2 Å². The number of nitrogens with two attached hydrogens (primary N) is 2. The Bertz CT molecular complexity index is 561. The fourth-order valence-corrected chi connectivity index (χ4v) is 1.84. The third-order valence-corrected chi connectivity index (χ3v) is 2.92. The van der Waals surface area contributed by atoms with Gasteiger partial charge in [-0.1, -0.05) is 0 Å². The Balaban J connectivity index is 3.40. The van der Waals surface area contributed by atoms with Gasteiger partial charge in [-0.05, 0) is 37.6 Å². The number of hydrogen-bond donors (Lipinski definition) is 2. The fraction of sp³-hybridized carbons (Fsp3) is 0.286. The molecule has 106 valence electrons. The average Bonchev–Trinajstić information content (AvgIpc) is 2.34. The van der Waals surface area contributed by atoms with E-state index in [9.17, 15) is 19.2 Å². The van der Waals surface area contributed by atoms with E-state index >= 15 is 0 Å². The highest BCUT2D eigenvalue weighted by Gasteiger charge is 2.22. The second kappa shape index (κ2) is 6.10. The van der Waals surface area contributed by atoms with Crippen LogP contribution in [0.25, 0.3) is 0 Å². The first-order valence-corrected chi connectivity index (χ1v) is 5.97. The third-order valence-electron chi connectivity index (χ3n) is 2.92. The Labute approximate surface area is 116 Å². The van der Waals surface area contributed by atoms with Gasteiger partial charge in [0.15, 0.2) is 11.6 Å². The number of hydrogen-bond acceptors (Lipinski definition) is 4. The Kier molecular flexibility index (Phi) is 4.74. The van der Waals surface area contributed by atoms with Crippen molar-refractivity contribution >= 4 is 23.4 Å². The minimum absolute atomic E-state index is 0.253.